The molecule has 2 aromatic rings. The fourth-order valence-corrected chi connectivity index (χ4v) is 5.31. The fourth-order valence-electron chi connectivity index (χ4n) is 5.31. The molecule has 1 unspecified atom stereocenters. The molecular weight excluding hydrogens is 416 g/mol. The highest BCUT2D eigenvalue weighted by Crippen LogP contribution is 2.44. The van der Waals surface area contributed by atoms with Crippen LogP contribution in [0.2, 0.25) is 0 Å². The van der Waals surface area contributed by atoms with Crippen molar-refractivity contribution in [3.8, 4) is 0 Å². The van der Waals surface area contributed by atoms with Gasteiger partial charge < -0.3 is 15.2 Å². The van der Waals surface area contributed by atoms with Gasteiger partial charge in [-0.15, -0.1) is 0 Å². The predicted molar refractivity (Wildman–Crippen MR) is 125 cm³/mol. The maximum Gasteiger partial charge on any atom is 0.335 e. The molecule has 0 radical (unpaired) electrons. The van der Waals surface area contributed by atoms with Gasteiger partial charge in [0.05, 0.1) is 23.7 Å². The van der Waals surface area contributed by atoms with Gasteiger partial charge in [-0.1, -0.05) is 36.4 Å². The van der Waals surface area contributed by atoms with Gasteiger partial charge in [-0.3, -0.25) is 9.69 Å². The van der Waals surface area contributed by atoms with Crippen LogP contribution in [0.3, 0.4) is 0 Å². The van der Waals surface area contributed by atoms with Gasteiger partial charge in [-0.2, -0.15) is 0 Å². The average Bonchev–Trinajstić information content (AvgIpc) is 3.64. The van der Waals surface area contributed by atoms with Gasteiger partial charge in [0.25, 0.3) is 0 Å². The second-order valence-electron chi connectivity index (χ2n) is 9.83. The minimum Gasteiger partial charge on any atom is -0.478 e. The summed E-state index contributed by atoms with van der Waals surface area (Å²) >= 11 is 0. The van der Waals surface area contributed by atoms with Crippen LogP contribution in [0, 0.1) is 5.92 Å². The van der Waals surface area contributed by atoms with Crippen molar-refractivity contribution in [2.75, 3.05) is 19.6 Å². The molecule has 0 bridgehead atoms. The number of hydrogen-bond donors (Lipinski definition) is 2. The lowest BCUT2D eigenvalue weighted by Crippen LogP contribution is -2.49. The molecular formula is C27H32N2O4. The van der Waals surface area contributed by atoms with E-state index in [1.165, 1.54) is 24.0 Å². The third-order valence-electron chi connectivity index (χ3n) is 7.29. The lowest BCUT2D eigenvalue weighted by Gasteiger charge is -2.47. The Bertz CT molecular complexity index is 1020. The summed E-state index contributed by atoms with van der Waals surface area (Å²) in [7, 11) is 0. The van der Waals surface area contributed by atoms with E-state index in [9.17, 15) is 14.7 Å². The second-order valence-corrected chi connectivity index (χ2v) is 9.83. The van der Waals surface area contributed by atoms with E-state index in [-0.39, 0.29) is 17.6 Å². The van der Waals surface area contributed by atoms with E-state index < -0.39 is 5.97 Å². The number of carboxylic acids is 1. The van der Waals surface area contributed by atoms with Gasteiger partial charge in [0.2, 0.25) is 5.91 Å². The monoisotopic (exact) mass is 448 g/mol. The Kier molecular flexibility index (Phi) is 6.21. The van der Waals surface area contributed by atoms with Crippen LogP contribution in [0.15, 0.2) is 48.5 Å². The standard InChI is InChI=1S/C27H32N2O4/c30-25(28-17-19-8-9-19)16-23-15-21-5-1-2-7-24(21)27(33-23)10-12-29(13-11-27)18-20-4-3-6-22(14-20)26(31)32/h1-7,14,19,23H,8-13,15-18H2,(H,28,30)(H,31,32). The maximum absolute atomic E-state index is 12.5. The highest BCUT2D eigenvalue weighted by atomic mass is 16.5. The largest absolute Gasteiger partial charge is 0.478 e. The van der Waals surface area contributed by atoms with Crippen molar-refractivity contribution >= 4 is 11.9 Å². The van der Waals surface area contributed by atoms with Crippen molar-refractivity contribution in [2.24, 2.45) is 5.92 Å². The zero-order valence-corrected chi connectivity index (χ0v) is 19.0. The van der Waals surface area contributed by atoms with Crippen molar-refractivity contribution in [2.45, 2.75) is 56.8 Å². The summed E-state index contributed by atoms with van der Waals surface area (Å²) in [4.78, 5) is 26.2. The molecule has 1 saturated heterocycles. The molecule has 2 aromatic carbocycles. The van der Waals surface area contributed by atoms with E-state index in [0.717, 1.165) is 51.0 Å². The number of carboxylic acid groups (broad SMARTS) is 1. The van der Waals surface area contributed by atoms with Gasteiger partial charge in [0.1, 0.15) is 0 Å². The van der Waals surface area contributed by atoms with Crippen molar-refractivity contribution in [3.05, 3.63) is 70.8 Å². The van der Waals surface area contributed by atoms with Crippen LogP contribution in [0.25, 0.3) is 0 Å². The van der Waals surface area contributed by atoms with E-state index >= 15 is 0 Å². The van der Waals surface area contributed by atoms with Crippen LogP contribution in [0.4, 0.5) is 0 Å². The topological polar surface area (TPSA) is 78.9 Å². The minimum absolute atomic E-state index is 0.0946. The normalized spacial score (nSPS) is 22.0. The summed E-state index contributed by atoms with van der Waals surface area (Å²) in [5.41, 5.74) is 3.56. The summed E-state index contributed by atoms with van der Waals surface area (Å²) in [6.45, 7) is 3.26. The Morgan fingerprint density at radius 1 is 1.09 bits per heavy atom. The number of hydrogen-bond acceptors (Lipinski definition) is 4. The number of nitrogens with one attached hydrogen (secondary N) is 1. The first-order valence-electron chi connectivity index (χ1n) is 12.1. The highest BCUT2D eigenvalue weighted by Gasteiger charge is 2.44. The van der Waals surface area contributed by atoms with Gasteiger partial charge >= 0.3 is 5.97 Å². The number of carbonyl (C=O) groups is 2. The molecule has 3 aliphatic rings. The number of nitrogens with zero attached hydrogens (tertiary/aromatic N) is 1. The first-order valence-corrected chi connectivity index (χ1v) is 12.1. The molecule has 1 aliphatic carbocycles. The fraction of sp³-hybridized carbons (Fsp3) is 0.481. The Balaban J connectivity index is 1.25. The van der Waals surface area contributed by atoms with Crippen LogP contribution in [-0.4, -0.2) is 47.6 Å². The van der Waals surface area contributed by atoms with Crippen molar-refractivity contribution in [1.29, 1.82) is 0 Å². The van der Waals surface area contributed by atoms with E-state index in [1.54, 1.807) is 12.1 Å². The quantitative estimate of drug-likeness (QED) is 0.675. The molecule has 2 aliphatic heterocycles. The molecule has 33 heavy (non-hydrogen) atoms. The summed E-state index contributed by atoms with van der Waals surface area (Å²) in [6, 6.07) is 15.7. The van der Waals surface area contributed by atoms with Crippen LogP contribution < -0.4 is 5.32 Å². The summed E-state index contributed by atoms with van der Waals surface area (Å²) in [5.74, 6) is -0.125. The molecule has 2 fully saturated rings. The van der Waals surface area contributed by atoms with Crippen molar-refractivity contribution in [3.63, 3.8) is 0 Å². The highest BCUT2D eigenvalue weighted by molar-refractivity contribution is 5.87. The number of benzene rings is 2. The molecule has 174 valence electrons. The number of fused-ring (bicyclic) bond motifs is 2. The van der Waals surface area contributed by atoms with Gasteiger partial charge in [0, 0.05) is 26.2 Å². The maximum atomic E-state index is 12.5. The average molecular weight is 449 g/mol. The van der Waals surface area contributed by atoms with Crippen LogP contribution in [0.1, 0.15) is 59.2 Å². The van der Waals surface area contributed by atoms with Gasteiger partial charge in [0.15, 0.2) is 0 Å². The Hall–Kier alpha value is -2.70. The first-order chi connectivity index (χ1) is 16.0. The number of aromatic carboxylic acids is 1. The first kappa shape index (κ1) is 22.1. The predicted octanol–water partition coefficient (Wildman–Crippen LogP) is 3.73. The summed E-state index contributed by atoms with van der Waals surface area (Å²) in [6.07, 6.45) is 5.28. The van der Waals surface area contributed by atoms with E-state index in [0.29, 0.717) is 17.9 Å². The third kappa shape index (κ3) is 5.12. The van der Waals surface area contributed by atoms with E-state index in [1.807, 2.05) is 12.1 Å². The Morgan fingerprint density at radius 3 is 2.64 bits per heavy atom. The van der Waals surface area contributed by atoms with Gasteiger partial charge in [-0.25, -0.2) is 4.79 Å². The molecule has 2 N–H and O–H groups in total. The zero-order chi connectivity index (χ0) is 22.8. The summed E-state index contributed by atoms with van der Waals surface area (Å²) < 4.78 is 6.72. The smallest absolute Gasteiger partial charge is 0.335 e. The Labute approximate surface area is 194 Å². The molecule has 1 atom stereocenters. The van der Waals surface area contributed by atoms with Crippen LogP contribution in [-0.2, 0) is 28.1 Å². The Morgan fingerprint density at radius 2 is 1.88 bits per heavy atom. The number of carbonyl (C=O) groups excluding carboxylic acids is 1. The molecule has 1 spiro atoms. The van der Waals surface area contributed by atoms with Crippen molar-refractivity contribution in [1.82, 2.24) is 10.2 Å². The molecule has 1 saturated carbocycles. The molecule has 1 amide bonds. The van der Waals surface area contributed by atoms with E-state index in [2.05, 4.69) is 34.5 Å². The number of likely N-dealkylation sites (tertiary alicyclic amines) is 1. The number of ether oxygens (including phenoxy) is 1. The van der Waals surface area contributed by atoms with E-state index in [4.69, 9.17) is 4.74 Å². The number of amides is 1. The SMILES string of the molecule is O=C(CC1Cc2ccccc2C2(CCN(Cc3cccc(C(=O)O)c3)CC2)O1)NCC1CC1. The molecule has 0 aromatic heterocycles. The number of piperidine rings is 1. The van der Waals surface area contributed by atoms with Gasteiger partial charge in [-0.05, 0) is 66.8 Å². The van der Waals surface area contributed by atoms with Crippen molar-refractivity contribution < 1.29 is 19.4 Å². The van der Waals surface area contributed by atoms with Crippen LogP contribution >= 0.6 is 0 Å². The molecule has 2 heterocycles. The molecule has 6 nitrogen and oxygen atoms in total. The second kappa shape index (κ2) is 9.27. The third-order valence-corrected chi connectivity index (χ3v) is 7.29. The molecule has 5 rings (SSSR count). The number of rotatable bonds is 7. The summed E-state index contributed by atoms with van der Waals surface area (Å²) in [5, 5.41) is 12.4. The van der Waals surface area contributed by atoms with Crippen LogP contribution in [0.5, 0.6) is 0 Å². The lowest BCUT2D eigenvalue weighted by molar-refractivity contribution is -0.150. The zero-order valence-electron chi connectivity index (χ0n) is 19.0. The molecule has 6 heteroatoms. The minimum atomic E-state index is -0.895. The lowest BCUT2D eigenvalue weighted by atomic mass is 9.77.